The molecule has 7 rings (SSSR count). The zero-order valence-electron chi connectivity index (χ0n) is 23.6. The van der Waals surface area contributed by atoms with Crippen molar-refractivity contribution >= 4 is 11.6 Å². The van der Waals surface area contributed by atoms with Crippen LogP contribution in [0.15, 0.2) is 176 Å². The van der Waals surface area contributed by atoms with Crippen molar-refractivity contribution < 1.29 is 0 Å². The van der Waals surface area contributed by atoms with Crippen molar-refractivity contribution in [2.45, 2.75) is 0 Å². The molecule has 0 heterocycles. The zero-order valence-corrected chi connectivity index (χ0v) is 24.4. The molecule has 0 aromatic heterocycles. The highest BCUT2D eigenvalue weighted by Crippen LogP contribution is 2.45. The first kappa shape index (κ1) is 26.7. The molecule has 1 heteroatoms. The monoisotopic (exact) mass is 568 g/mol. The minimum atomic E-state index is 0.749. The van der Waals surface area contributed by atoms with Gasteiger partial charge in [-0.2, -0.15) is 0 Å². The summed E-state index contributed by atoms with van der Waals surface area (Å²) in [5, 5.41) is 0.749. The maximum Gasteiger partial charge on any atom is 0.0484 e. The highest BCUT2D eigenvalue weighted by Gasteiger charge is 2.18. The molecule has 0 spiro atoms. The fraction of sp³-hybridized carbons (Fsp3) is 0. The van der Waals surface area contributed by atoms with Crippen molar-refractivity contribution in [1.29, 1.82) is 0 Å². The van der Waals surface area contributed by atoms with Gasteiger partial charge in [-0.25, -0.2) is 0 Å². The Morgan fingerprint density at radius 2 is 0.442 bits per heavy atom. The lowest BCUT2D eigenvalue weighted by Crippen LogP contribution is -1.93. The van der Waals surface area contributed by atoms with Crippen molar-refractivity contribution in [2.24, 2.45) is 0 Å². The molecular weight excluding hydrogens is 540 g/mol. The van der Waals surface area contributed by atoms with Crippen LogP contribution in [0.5, 0.6) is 0 Å². The first-order chi connectivity index (χ1) is 21.3. The lowest BCUT2D eigenvalue weighted by Gasteiger charge is -2.19. The molecule has 0 aliphatic carbocycles. The SMILES string of the molecule is Clc1ccccc1-c1ccccc1-c1ccccc1-c1ccccc1-c1ccccc1-c1ccccc1-c1ccccc1. The van der Waals surface area contributed by atoms with Crippen molar-refractivity contribution in [3.8, 4) is 66.8 Å². The molecular formula is C42H29Cl. The Balaban J connectivity index is 1.43. The quantitative estimate of drug-likeness (QED) is 0.187. The van der Waals surface area contributed by atoms with Crippen LogP contribution in [0.1, 0.15) is 0 Å². The van der Waals surface area contributed by atoms with Gasteiger partial charge in [0.25, 0.3) is 0 Å². The highest BCUT2D eigenvalue weighted by atomic mass is 35.5. The van der Waals surface area contributed by atoms with E-state index in [-0.39, 0.29) is 0 Å². The molecule has 0 radical (unpaired) electrons. The average Bonchev–Trinajstić information content (AvgIpc) is 3.09. The fourth-order valence-corrected chi connectivity index (χ4v) is 6.32. The van der Waals surface area contributed by atoms with E-state index in [0.717, 1.165) is 21.7 Å². The second-order valence-electron chi connectivity index (χ2n) is 10.6. The maximum atomic E-state index is 6.71. The molecule has 43 heavy (non-hydrogen) atoms. The maximum absolute atomic E-state index is 6.71. The third-order valence-corrected chi connectivity index (χ3v) is 8.37. The molecule has 0 atom stereocenters. The first-order valence-electron chi connectivity index (χ1n) is 14.6. The Bertz CT molecular complexity index is 2040. The van der Waals surface area contributed by atoms with E-state index in [1.807, 2.05) is 18.2 Å². The normalized spacial score (nSPS) is 10.9. The fourth-order valence-electron chi connectivity index (χ4n) is 6.08. The van der Waals surface area contributed by atoms with Gasteiger partial charge < -0.3 is 0 Å². The first-order valence-corrected chi connectivity index (χ1v) is 14.9. The Kier molecular flexibility index (Phi) is 7.44. The summed E-state index contributed by atoms with van der Waals surface area (Å²) >= 11 is 6.71. The summed E-state index contributed by atoms with van der Waals surface area (Å²) in [6, 6.07) is 62.2. The summed E-state index contributed by atoms with van der Waals surface area (Å²) in [6.45, 7) is 0. The van der Waals surface area contributed by atoms with E-state index in [1.54, 1.807) is 0 Å². The number of hydrogen-bond donors (Lipinski definition) is 0. The summed E-state index contributed by atoms with van der Waals surface area (Å²) in [5.41, 5.74) is 14.1. The average molecular weight is 569 g/mol. The summed E-state index contributed by atoms with van der Waals surface area (Å²) in [4.78, 5) is 0. The summed E-state index contributed by atoms with van der Waals surface area (Å²) < 4.78 is 0. The van der Waals surface area contributed by atoms with Crippen LogP contribution < -0.4 is 0 Å². The van der Waals surface area contributed by atoms with Gasteiger partial charge in [0.1, 0.15) is 0 Å². The van der Waals surface area contributed by atoms with Crippen LogP contribution in [-0.2, 0) is 0 Å². The van der Waals surface area contributed by atoms with Crippen molar-refractivity contribution in [3.63, 3.8) is 0 Å². The van der Waals surface area contributed by atoms with Crippen LogP contribution in [0.2, 0.25) is 5.02 Å². The third-order valence-electron chi connectivity index (χ3n) is 8.04. The molecule has 0 bridgehead atoms. The molecule has 7 aromatic carbocycles. The molecule has 0 aliphatic rings. The van der Waals surface area contributed by atoms with E-state index in [4.69, 9.17) is 11.6 Å². The van der Waals surface area contributed by atoms with E-state index in [2.05, 4.69) is 158 Å². The van der Waals surface area contributed by atoms with Crippen LogP contribution >= 0.6 is 11.6 Å². The number of rotatable bonds is 6. The molecule has 204 valence electrons. The second kappa shape index (κ2) is 12.0. The third kappa shape index (κ3) is 5.18. The smallest absolute Gasteiger partial charge is 0.0484 e. The molecule has 0 N–H and O–H groups in total. The van der Waals surface area contributed by atoms with Gasteiger partial charge in [0.05, 0.1) is 0 Å². The van der Waals surface area contributed by atoms with E-state index < -0.39 is 0 Å². The Hall–Kier alpha value is -5.17. The number of halogens is 1. The van der Waals surface area contributed by atoms with E-state index in [1.165, 1.54) is 50.1 Å². The molecule has 0 amide bonds. The minimum Gasteiger partial charge on any atom is -0.0837 e. The van der Waals surface area contributed by atoms with Gasteiger partial charge >= 0.3 is 0 Å². The van der Waals surface area contributed by atoms with Gasteiger partial charge in [-0.1, -0.05) is 181 Å². The van der Waals surface area contributed by atoms with Gasteiger partial charge in [0, 0.05) is 10.6 Å². The second-order valence-corrected chi connectivity index (χ2v) is 11.0. The Labute approximate surface area is 258 Å². The molecule has 0 unspecified atom stereocenters. The highest BCUT2D eigenvalue weighted by molar-refractivity contribution is 6.33. The largest absolute Gasteiger partial charge is 0.0837 e. The van der Waals surface area contributed by atoms with Crippen molar-refractivity contribution in [1.82, 2.24) is 0 Å². The van der Waals surface area contributed by atoms with Gasteiger partial charge in [0.15, 0.2) is 0 Å². The predicted octanol–water partition coefficient (Wildman–Crippen LogP) is 12.3. The molecule has 0 aliphatic heterocycles. The zero-order chi connectivity index (χ0) is 29.0. The van der Waals surface area contributed by atoms with Crippen LogP contribution in [0.4, 0.5) is 0 Å². The van der Waals surface area contributed by atoms with E-state index >= 15 is 0 Å². The van der Waals surface area contributed by atoms with Crippen LogP contribution in [0.25, 0.3) is 66.8 Å². The van der Waals surface area contributed by atoms with Gasteiger partial charge in [0.2, 0.25) is 0 Å². The summed E-state index contributed by atoms with van der Waals surface area (Å²) in [6.07, 6.45) is 0. The van der Waals surface area contributed by atoms with Gasteiger partial charge in [-0.05, 0) is 67.3 Å². The minimum absolute atomic E-state index is 0.749. The standard InChI is InChI=1S/C42H29Cl/c43-42-29-15-14-28-41(42)40-27-13-12-26-39(40)38-25-11-10-24-37(38)36-23-9-8-22-35(36)34-21-7-6-20-33(34)32-19-5-4-18-31(32)30-16-2-1-3-17-30/h1-29H. The Morgan fingerprint density at radius 1 is 0.209 bits per heavy atom. The lowest BCUT2D eigenvalue weighted by atomic mass is 9.84. The van der Waals surface area contributed by atoms with E-state index in [0.29, 0.717) is 0 Å². The number of hydrogen-bond acceptors (Lipinski definition) is 0. The van der Waals surface area contributed by atoms with Gasteiger partial charge in [-0.3, -0.25) is 0 Å². The summed E-state index contributed by atoms with van der Waals surface area (Å²) in [5.74, 6) is 0. The topological polar surface area (TPSA) is 0 Å². The molecule has 7 aromatic rings. The van der Waals surface area contributed by atoms with E-state index in [9.17, 15) is 0 Å². The Morgan fingerprint density at radius 3 is 0.791 bits per heavy atom. The van der Waals surface area contributed by atoms with Crippen molar-refractivity contribution in [3.05, 3.63) is 181 Å². The lowest BCUT2D eigenvalue weighted by molar-refractivity contribution is 1.54. The van der Waals surface area contributed by atoms with Crippen molar-refractivity contribution in [2.75, 3.05) is 0 Å². The summed E-state index contributed by atoms with van der Waals surface area (Å²) in [7, 11) is 0. The molecule has 0 saturated heterocycles. The van der Waals surface area contributed by atoms with Crippen LogP contribution in [-0.4, -0.2) is 0 Å². The van der Waals surface area contributed by atoms with Crippen LogP contribution in [0.3, 0.4) is 0 Å². The molecule has 0 fully saturated rings. The predicted molar refractivity (Wildman–Crippen MR) is 184 cm³/mol. The molecule has 0 nitrogen and oxygen atoms in total. The van der Waals surface area contributed by atoms with Gasteiger partial charge in [-0.15, -0.1) is 0 Å². The molecule has 0 saturated carbocycles. The number of benzene rings is 7. The van der Waals surface area contributed by atoms with Crippen LogP contribution in [0, 0.1) is 0 Å².